The van der Waals surface area contributed by atoms with E-state index >= 15 is 0 Å². The van der Waals surface area contributed by atoms with Crippen LogP contribution >= 0.6 is 0 Å². The summed E-state index contributed by atoms with van der Waals surface area (Å²) in [7, 11) is 0. The van der Waals surface area contributed by atoms with E-state index < -0.39 is 0 Å². The maximum Gasteiger partial charge on any atom is 0.151 e. The van der Waals surface area contributed by atoms with Crippen molar-refractivity contribution in [1.82, 2.24) is 0 Å². The monoisotopic (exact) mass is 940 g/mol. The van der Waals surface area contributed by atoms with Crippen LogP contribution < -0.4 is 9.64 Å². The highest BCUT2D eigenvalue weighted by Crippen LogP contribution is 2.51. The van der Waals surface area contributed by atoms with Crippen LogP contribution in [0.15, 0.2) is 200 Å². The molecule has 1 heterocycles. The Morgan fingerprint density at radius 3 is 0.806 bits per heavy atom. The summed E-state index contributed by atoms with van der Waals surface area (Å²) >= 11 is 0. The Morgan fingerprint density at radius 2 is 0.528 bits per heavy atom. The molecule has 0 fully saturated rings. The highest BCUT2D eigenvalue weighted by Gasteiger charge is 2.26. The fourth-order valence-corrected chi connectivity index (χ4v) is 10.3. The molecule has 72 heavy (non-hydrogen) atoms. The van der Waals surface area contributed by atoms with Gasteiger partial charge in [0.25, 0.3) is 0 Å². The Balaban J connectivity index is 1.19. The smallest absolute Gasteiger partial charge is 0.151 e. The Bertz CT molecular complexity index is 2880. The van der Waals surface area contributed by atoms with Crippen molar-refractivity contribution in [3.05, 3.63) is 222 Å². The third kappa shape index (κ3) is 11.0. The third-order valence-electron chi connectivity index (χ3n) is 14.6. The summed E-state index contributed by atoms with van der Waals surface area (Å²) in [4.78, 5) is 2.39. The van der Waals surface area contributed by atoms with Crippen LogP contribution in [0.3, 0.4) is 0 Å². The standard InChI is InChI=1S/C70H69NO/c1-5-9-17-50-25-33-54(34-26-50)58-41-59(55-35-27-51(28-36-55)18-10-6-2)44-62(43-58)64-47-65(49-66(48-64)71-67-21-13-15-23-69(67)72-70-24-16-14-22-68(70)71)63-45-60(56-37-29-52(30-38-56)19-11-7-3)42-61(46-63)57-39-31-53(32-40-57)20-12-8-4/h13-16,21-49H,5-12,17-20H2,1-4H3. The van der Waals surface area contributed by atoms with E-state index in [1.807, 2.05) is 0 Å². The van der Waals surface area contributed by atoms with Crippen LogP contribution in [0.2, 0.25) is 0 Å². The molecule has 9 aromatic carbocycles. The zero-order valence-corrected chi connectivity index (χ0v) is 42.9. The first-order valence-electron chi connectivity index (χ1n) is 27.0. The van der Waals surface area contributed by atoms with Gasteiger partial charge >= 0.3 is 0 Å². The third-order valence-corrected chi connectivity index (χ3v) is 14.6. The maximum atomic E-state index is 6.60. The molecule has 1 aliphatic heterocycles. The molecular weight excluding hydrogens is 871 g/mol. The molecule has 1 aliphatic rings. The number of ether oxygens (including phenoxy) is 1. The summed E-state index contributed by atoms with van der Waals surface area (Å²) in [5.74, 6) is 1.68. The fourth-order valence-electron chi connectivity index (χ4n) is 10.3. The second kappa shape index (κ2) is 22.8. The van der Waals surface area contributed by atoms with Crippen LogP contribution in [0.5, 0.6) is 11.5 Å². The van der Waals surface area contributed by atoms with Crippen LogP contribution in [-0.2, 0) is 25.7 Å². The first-order chi connectivity index (χ1) is 35.5. The lowest BCUT2D eigenvalue weighted by Crippen LogP contribution is -2.15. The number of fused-ring (bicyclic) bond motifs is 2. The van der Waals surface area contributed by atoms with Gasteiger partial charge < -0.3 is 9.64 Å². The summed E-state index contributed by atoms with van der Waals surface area (Å²) < 4.78 is 6.60. The predicted octanol–water partition coefficient (Wildman–Crippen LogP) is 20.6. The molecule has 0 saturated carbocycles. The number of hydrogen-bond acceptors (Lipinski definition) is 2. The SMILES string of the molecule is CCCCc1ccc(-c2cc(-c3ccc(CCCC)cc3)cc(-c3cc(-c4cc(-c5ccc(CCCC)cc5)cc(-c5ccc(CCCC)cc5)c4)cc(N4c5ccccc5Oc5ccccc54)c3)c2)cc1. The number of nitrogens with zero attached hydrogens (tertiary/aromatic N) is 1. The van der Waals surface area contributed by atoms with Gasteiger partial charge in [0.05, 0.1) is 11.4 Å². The van der Waals surface area contributed by atoms with Crippen LogP contribution in [0.4, 0.5) is 17.1 Å². The zero-order valence-electron chi connectivity index (χ0n) is 42.9. The molecule has 0 unspecified atom stereocenters. The minimum atomic E-state index is 0.839. The maximum absolute atomic E-state index is 6.60. The largest absolute Gasteiger partial charge is 0.453 e. The molecule has 0 spiro atoms. The average molecular weight is 940 g/mol. The number of aryl methyl sites for hydroxylation is 4. The highest BCUT2D eigenvalue weighted by atomic mass is 16.5. The lowest BCUT2D eigenvalue weighted by molar-refractivity contribution is 0.477. The van der Waals surface area contributed by atoms with E-state index in [0.29, 0.717) is 0 Å². The van der Waals surface area contributed by atoms with Crippen LogP contribution in [0.1, 0.15) is 101 Å². The van der Waals surface area contributed by atoms with E-state index in [4.69, 9.17) is 4.74 Å². The Labute approximate surface area is 430 Å². The normalized spacial score (nSPS) is 11.8. The number of anilines is 3. The number of unbranched alkanes of at least 4 members (excludes halogenated alkanes) is 4. The molecule has 0 aliphatic carbocycles. The van der Waals surface area contributed by atoms with Gasteiger partial charge in [-0.2, -0.15) is 0 Å². The van der Waals surface area contributed by atoms with Crippen molar-refractivity contribution in [2.24, 2.45) is 0 Å². The highest BCUT2D eigenvalue weighted by molar-refractivity contribution is 5.92. The summed E-state index contributed by atoms with van der Waals surface area (Å²) in [5.41, 5.74) is 23.1. The lowest BCUT2D eigenvalue weighted by atomic mass is 9.89. The van der Waals surface area contributed by atoms with Gasteiger partial charge in [-0.1, -0.05) is 175 Å². The van der Waals surface area contributed by atoms with Gasteiger partial charge in [0.1, 0.15) is 0 Å². The van der Waals surface area contributed by atoms with E-state index in [-0.39, 0.29) is 0 Å². The minimum Gasteiger partial charge on any atom is -0.453 e. The molecule has 0 aromatic heterocycles. The van der Waals surface area contributed by atoms with E-state index in [1.54, 1.807) is 0 Å². The Morgan fingerprint density at radius 1 is 0.278 bits per heavy atom. The van der Waals surface area contributed by atoms with Crippen molar-refractivity contribution in [2.45, 2.75) is 105 Å². The fraction of sp³-hybridized carbons (Fsp3) is 0.229. The molecule has 0 bridgehead atoms. The molecular formula is C70H69NO. The number of para-hydroxylation sites is 4. The summed E-state index contributed by atoms with van der Waals surface area (Å²) in [6.45, 7) is 9.07. The van der Waals surface area contributed by atoms with Gasteiger partial charge in [0.2, 0.25) is 0 Å². The second-order valence-corrected chi connectivity index (χ2v) is 19.9. The Hall–Kier alpha value is -7.42. The molecule has 360 valence electrons. The van der Waals surface area contributed by atoms with E-state index in [9.17, 15) is 0 Å². The minimum absolute atomic E-state index is 0.839. The Kier molecular flexibility index (Phi) is 15.2. The molecule has 2 heteroatoms. The second-order valence-electron chi connectivity index (χ2n) is 19.9. The van der Waals surface area contributed by atoms with Gasteiger partial charge in [0.15, 0.2) is 11.5 Å². The van der Waals surface area contributed by atoms with Crippen molar-refractivity contribution >= 4 is 17.1 Å². The van der Waals surface area contributed by atoms with Crippen molar-refractivity contribution in [3.8, 4) is 78.3 Å². The zero-order chi connectivity index (χ0) is 49.2. The predicted molar refractivity (Wildman–Crippen MR) is 308 cm³/mol. The molecule has 0 atom stereocenters. The number of rotatable bonds is 19. The molecule has 0 radical (unpaired) electrons. The lowest BCUT2D eigenvalue weighted by Gasteiger charge is -2.33. The van der Waals surface area contributed by atoms with Crippen molar-refractivity contribution in [3.63, 3.8) is 0 Å². The molecule has 2 nitrogen and oxygen atoms in total. The number of benzene rings is 9. The first kappa shape index (κ1) is 48.2. The average Bonchev–Trinajstić information content (AvgIpc) is 3.44. The van der Waals surface area contributed by atoms with Gasteiger partial charge in [-0.15, -0.1) is 0 Å². The number of hydrogen-bond donors (Lipinski definition) is 0. The van der Waals surface area contributed by atoms with Gasteiger partial charge in [-0.25, -0.2) is 0 Å². The van der Waals surface area contributed by atoms with Crippen molar-refractivity contribution in [1.29, 1.82) is 0 Å². The van der Waals surface area contributed by atoms with E-state index in [1.165, 1.54) is 129 Å². The first-order valence-corrected chi connectivity index (χ1v) is 27.0. The van der Waals surface area contributed by atoms with Crippen molar-refractivity contribution in [2.75, 3.05) is 4.90 Å². The van der Waals surface area contributed by atoms with Gasteiger partial charge in [-0.3, -0.25) is 0 Å². The van der Waals surface area contributed by atoms with E-state index in [2.05, 4.69) is 233 Å². The topological polar surface area (TPSA) is 12.5 Å². The van der Waals surface area contributed by atoms with E-state index in [0.717, 1.165) is 65.4 Å². The molecule has 9 aromatic rings. The van der Waals surface area contributed by atoms with Gasteiger partial charge in [-0.05, 0) is 219 Å². The summed E-state index contributed by atoms with van der Waals surface area (Å²) in [6, 6.07) is 75.7. The summed E-state index contributed by atoms with van der Waals surface area (Å²) in [5, 5.41) is 0. The quantitative estimate of drug-likeness (QED) is 0.0801. The van der Waals surface area contributed by atoms with Crippen LogP contribution in [0, 0.1) is 0 Å². The summed E-state index contributed by atoms with van der Waals surface area (Å²) in [6.07, 6.45) is 14.0. The van der Waals surface area contributed by atoms with Crippen molar-refractivity contribution < 1.29 is 4.74 Å². The van der Waals surface area contributed by atoms with Crippen LogP contribution in [-0.4, -0.2) is 0 Å². The molecule has 0 amide bonds. The van der Waals surface area contributed by atoms with Crippen LogP contribution in [0.25, 0.3) is 66.8 Å². The molecule has 10 rings (SSSR count). The molecule has 0 saturated heterocycles. The van der Waals surface area contributed by atoms with Gasteiger partial charge in [0, 0.05) is 5.69 Å². The molecule has 0 N–H and O–H groups in total.